The summed E-state index contributed by atoms with van der Waals surface area (Å²) in [5.74, 6) is -5.31. The van der Waals surface area contributed by atoms with Gasteiger partial charge in [0.15, 0.2) is 23.0 Å². The van der Waals surface area contributed by atoms with E-state index < -0.39 is 46.7 Å². The second-order valence-corrected chi connectivity index (χ2v) is 8.51. The molecule has 3 rings (SSSR count). The SMILES string of the molecule is CC(=O)/C(=N/Nc1cccc(C(=O)O)c1)C(=O)Nc1ccc(NC(=O)/C(=N\Nc2cccc(C(=O)O)c2)C(C)=O)cc1. The van der Waals surface area contributed by atoms with Gasteiger partial charge in [-0.15, -0.1) is 0 Å². The van der Waals surface area contributed by atoms with Crippen molar-refractivity contribution in [3.8, 4) is 0 Å². The average Bonchev–Trinajstić information content (AvgIpc) is 2.94. The van der Waals surface area contributed by atoms with Crippen molar-refractivity contribution in [1.82, 2.24) is 0 Å². The monoisotopic (exact) mass is 572 g/mol. The highest BCUT2D eigenvalue weighted by molar-refractivity contribution is 6.67. The van der Waals surface area contributed by atoms with E-state index >= 15 is 0 Å². The van der Waals surface area contributed by atoms with Gasteiger partial charge in [-0.05, 0) is 60.7 Å². The minimum absolute atomic E-state index is 0.0142. The van der Waals surface area contributed by atoms with E-state index in [1.165, 1.54) is 72.8 Å². The van der Waals surface area contributed by atoms with Crippen LogP contribution in [0.1, 0.15) is 34.6 Å². The molecule has 0 saturated heterocycles. The number of hydrazone groups is 2. The zero-order chi connectivity index (χ0) is 30.8. The number of rotatable bonds is 12. The van der Waals surface area contributed by atoms with E-state index in [0.29, 0.717) is 0 Å². The Kier molecular flexibility index (Phi) is 9.94. The van der Waals surface area contributed by atoms with Crippen molar-refractivity contribution < 1.29 is 39.0 Å². The summed E-state index contributed by atoms with van der Waals surface area (Å²) in [4.78, 5) is 71.6. The van der Waals surface area contributed by atoms with Gasteiger partial charge in [0.1, 0.15) is 0 Å². The fraction of sp³-hybridized carbons (Fsp3) is 0.0714. The molecule has 0 saturated carbocycles. The number of carbonyl (C=O) groups is 6. The second-order valence-electron chi connectivity index (χ2n) is 8.51. The molecule has 0 aliphatic carbocycles. The number of benzene rings is 3. The van der Waals surface area contributed by atoms with Crippen LogP contribution >= 0.6 is 0 Å². The molecule has 0 atom stereocenters. The van der Waals surface area contributed by atoms with Crippen molar-refractivity contribution in [2.45, 2.75) is 13.8 Å². The molecule has 14 nitrogen and oxygen atoms in total. The number of hydrogen-bond acceptors (Lipinski definition) is 10. The average molecular weight is 573 g/mol. The predicted octanol–water partition coefficient (Wildman–Crippen LogP) is 3.07. The van der Waals surface area contributed by atoms with Gasteiger partial charge in [0.25, 0.3) is 11.8 Å². The lowest BCUT2D eigenvalue weighted by Gasteiger charge is -2.10. The van der Waals surface area contributed by atoms with Crippen molar-refractivity contribution in [2.24, 2.45) is 10.2 Å². The van der Waals surface area contributed by atoms with Crippen molar-refractivity contribution in [1.29, 1.82) is 0 Å². The highest BCUT2D eigenvalue weighted by Gasteiger charge is 2.19. The first kappa shape index (κ1) is 30.4. The number of nitrogens with one attached hydrogen (secondary N) is 4. The summed E-state index contributed by atoms with van der Waals surface area (Å²) in [5, 5.41) is 30.8. The number of hydrogen-bond donors (Lipinski definition) is 6. The minimum atomic E-state index is -1.16. The molecule has 3 aromatic carbocycles. The van der Waals surface area contributed by atoms with E-state index in [9.17, 15) is 28.8 Å². The van der Waals surface area contributed by atoms with Crippen LogP contribution in [-0.2, 0) is 19.2 Å². The summed E-state index contributed by atoms with van der Waals surface area (Å²) in [6.07, 6.45) is 0. The summed E-state index contributed by atoms with van der Waals surface area (Å²) in [6, 6.07) is 17.0. The molecule has 0 spiro atoms. The van der Waals surface area contributed by atoms with Crippen LogP contribution in [0.15, 0.2) is 83.0 Å². The van der Waals surface area contributed by atoms with E-state index in [0.717, 1.165) is 13.8 Å². The molecule has 2 amide bonds. The van der Waals surface area contributed by atoms with Gasteiger partial charge in [0.2, 0.25) is 0 Å². The van der Waals surface area contributed by atoms with Gasteiger partial charge in [0.05, 0.1) is 22.5 Å². The zero-order valence-electron chi connectivity index (χ0n) is 22.2. The van der Waals surface area contributed by atoms with E-state index in [4.69, 9.17) is 10.2 Å². The first-order valence-electron chi connectivity index (χ1n) is 12.0. The van der Waals surface area contributed by atoms with Crippen LogP contribution in [0.3, 0.4) is 0 Å². The second kappa shape index (κ2) is 13.7. The standard InChI is InChI=1S/C28H24N6O8/c1-15(35)23(33-31-21-7-3-5-17(13-21)27(39)40)25(37)29-19-9-11-20(12-10-19)30-26(38)24(16(2)36)34-32-22-8-4-6-18(14-22)28(41)42/h3-14,31-32H,1-2H3,(H,29,37)(H,30,38)(H,39,40)(H,41,42)/b33-23-,34-24-. The Morgan fingerprint density at radius 3 is 1.21 bits per heavy atom. The largest absolute Gasteiger partial charge is 0.478 e. The van der Waals surface area contributed by atoms with E-state index in [2.05, 4.69) is 31.7 Å². The summed E-state index contributed by atoms with van der Waals surface area (Å²) in [5.41, 5.74) is 5.00. The molecule has 6 N–H and O–H groups in total. The predicted molar refractivity (Wildman–Crippen MR) is 154 cm³/mol. The molecule has 0 fully saturated rings. The Bertz CT molecular complexity index is 1510. The summed E-state index contributed by atoms with van der Waals surface area (Å²) in [7, 11) is 0. The number of carbonyl (C=O) groups excluding carboxylic acids is 4. The van der Waals surface area contributed by atoms with Crippen LogP contribution in [0, 0.1) is 0 Å². The Balaban J connectivity index is 1.66. The van der Waals surface area contributed by atoms with Gasteiger partial charge in [-0.3, -0.25) is 30.0 Å². The fourth-order valence-corrected chi connectivity index (χ4v) is 3.28. The molecule has 3 aromatic rings. The maximum Gasteiger partial charge on any atom is 0.335 e. The van der Waals surface area contributed by atoms with Crippen molar-refractivity contribution in [2.75, 3.05) is 21.5 Å². The Labute approximate surface area is 238 Å². The lowest BCUT2D eigenvalue weighted by molar-refractivity contribution is -0.116. The topological polar surface area (TPSA) is 216 Å². The number of carboxylic acids is 2. The van der Waals surface area contributed by atoms with Crippen LogP contribution in [0.5, 0.6) is 0 Å². The van der Waals surface area contributed by atoms with Crippen LogP contribution in [0.25, 0.3) is 0 Å². The van der Waals surface area contributed by atoms with Gasteiger partial charge >= 0.3 is 11.9 Å². The van der Waals surface area contributed by atoms with E-state index in [-0.39, 0.29) is 33.9 Å². The van der Waals surface area contributed by atoms with Crippen LogP contribution < -0.4 is 21.5 Å². The normalized spacial score (nSPS) is 11.2. The molecule has 42 heavy (non-hydrogen) atoms. The summed E-state index contributed by atoms with van der Waals surface area (Å²) < 4.78 is 0. The molecule has 0 heterocycles. The Morgan fingerprint density at radius 2 is 0.905 bits per heavy atom. The highest BCUT2D eigenvalue weighted by Crippen LogP contribution is 2.15. The van der Waals surface area contributed by atoms with Gasteiger partial charge < -0.3 is 20.8 Å². The third kappa shape index (κ3) is 8.41. The molecule has 0 aliphatic heterocycles. The van der Waals surface area contributed by atoms with E-state index in [1.807, 2.05) is 0 Å². The molecule has 0 radical (unpaired) electrons. The van der Waals surface area contributed by atoms with Gasteiger partial charge in [-0.1, -0.05) is 12.1 Å². The quantitative estimate of drug-likeness (QED) is 0.106. The van der Waals surface area contributed by atoms with Crippen LogP contribution in [0.2, 0.25) is 0 Å². The first-order chi connectivity index (χ1) is 19.9. The van der Waals surface area contributed by atoms with Gasteiger partial charge in [0, 0.05) is 25.2 Å². The van der Waals surface area contributed by atoms with Gasteiger partial charge in [-0.2, -0.15) is 10.2 Å². The first-order valence-corrected chi connectivity index (χ1v) is 12.0. The summed E-state index contributed by atoms with van der Waals surface area (Å²) in [6.45, 7) is 2.27. The molecule has 214 valence electrons. The highest BCUT2D eigenvalue weighted by atomic mass is 16.4. The number of amides is 2. The molecule has 0 aromatic heterocycles. The lowest BCUT2D eigenvalue weighted by atomic mass is 10.2. The van der Waals surface area contributed by atoms with Crippen molar-refractivity contribution in [3.63, 3.8) is 0 Å². The van der Waals surface area contributed by atoms with Crippen molar-refractivity contribution >= 4 is 69.5 Å². The molecule has 14 heteroatoms. The van der Waals surface area contributed by atoms with E-state index in [1.54, 1.807) is 0 Å². The molecule has 0 unspecified atom stereocenters. The van der Waals surface area contributed by atoms with Crippen LogP contribution in [-0.4, -0.2) is 57.0 Å². The number of carboxylic acid groups (broad SMARTS) is 2. The maximum atomic E-state index is 12.7. The molecule has 0 bridgehead atoms. The smallest absolute Gasteiger partial charge is 0.335 e. The summed E-state index contributed by atoms with van der Waals surface area (Å²) >= 11 is 0. The Hall–Kier alpha value is -6.18. The van der Waals surface area contributed by atoms with Gasteiger partial charge in [-0.25, -0.2) is 9.59 Å². The number of ketones is 2. The zero-order valence-corrected chi connectivity index (χ0v) is 22.2. The van der Waals surface area contributed by atoms with Crippen LogP contribution in [0.4, 0.5) is 22.7 Å². The third-order valence-electron chi connectivity index (χ3n) is 5.31. The third-order valence-corrected chi connectivity index (χ3v) is 5.31. The Morgan fingerprint density at radius 1 is 0.548 bits per heavy atom. The lowest BCUT2D eigenvalue weighted by Crippen LogP contribution is -2.30. The number of aromatic carboxylic acids is 2. The minimum Gasteiger partial charge on any atom is -0.478 e. The number of Topliss-reactive ketones (excluding diaryl/α,β-unsaturated/α-hetero) is 2. The molecular formula is C28H24N6O8. The molecular weight excluding hydrogens is 548 g/mol. The fourth-order valence-electron chi connectivity index (χ4n) is 3.28. The van der Waals surface area contributed by atoms with Crippen molar-refractivity contribution in [3.05, 3.63) is 83.9 Å². The number of nitrogens with zero attached hydrogens (tertiary/aromatic N) is 2. The number of anilines is 4. The maximum absolute atomic E-state index is 12.7. The molecule has 0 aliphatic rings.